The Morgan fingerprint density at radius 1 is 0.829 bits per heavy atom. The molecule has 2 saturated heterocycles. The van der Waals surface area contributed by atoms with Gasteiger partial charge >= 0.3 is 0 Å². The third-order valence-corrected chi connectivity index (χ3v) is 6.92. The van der Waals surface area contributed by atoms with Gasteiger partial charge in [-0.3, -0.25) is 4.79 Å². The zero-order chi connectivity index (χ0) is 29.7. The van der Waals surface area contributed by atoms with Gasteiger partial charge < -0.3 is 69.3 Å². The van der Waals surface area contributed by atoms with Gasteiger partial charge in [0.05, 0.1) is 12.7 Å². The van der Waals surface area contributed by atoms with Crippen LogP contribution in [0.1, 0.15) is 6.92 Å². The number of aliphatic hydroxyl groups is 5. The van der Waals surface area contributed by atoms with Crippen LogP contribution in [0.2, 0.25) is 0 Å². The van der Waals surface area contributed by atoms with Gasteiger partial charge in [-0.25, -0.2) is 0 Å². The van der Waals surface area contributed by atoms with Crippen molar-refractivity contribution in [3.63, 3.8) is 0 Å². The van der Waals surface area contributed by atoms with E-state index in [0.29, 0.717) is 0 Å². The van der Waals surface area contributed by atoms with Gasteiger partial charge in [-0.05, 0) is 25.1 Å². The Morgan fingerprint density at radius 3 is 2.27 bits per heavy atom. The highest BCUT2D eigenvalue weighted by atomic mass is 16.8. The maximum Gasteiger partial charge on any atom is 0.239 e. The molecule has 1 aromatic heterocycles. The highest BCUT2D eigenvalue weighted by Gasteiger charge is 2.49. The normalized spacial score (nSPS) is 32.2. The quantitative estimate of drug-likeness (QED) is 0.163. The number of phenolic OH excluding ortho intramolecular Hbond substituents is 4. The molecule has 3 aromatic rings. The smallest absolute Gasteiger partial charge is 0.239 e. The third-order valence-electron chi connectivity index (χ3n) is 6.92. The van der Waals surface area contributed by atoms with E-state index in [-0.39, 0.29) is 16.9 Å². The lowest BCUT2D eigenvalue weighted by molar-refractivity contribution is -0.341. The summed E-state index contributed by atoms with van der Waals surface area (Å²) in [5.74, 6) is -3.14. The number of aliphatic hydroxyl groups excluding tert-OH is 5. The van der Waals surface area contributed by atoms with Crippen molar-refractivity contribution < 1.29 is 69.3 Å². The van der Waals surface area contributed by atoms with E-state index >= 15 is 0 Å². The summed E-state index contributed by atoms with van der Waals surface area (Å²) >= 11 is 0. The molecule has 2 aliphatic heterocycles. The van der Waals surface area contributed by atoms with E-state index in [4.69, 9.17) is 23.4 Å². The number of benzene rings is 2. The molecule has 0 spiro atoms. The number of phenols is 4. The number of hydrogen-bond acceptors (Lipinski definition) is 15. The number of fused-ring (bicyclic) bond motifs is 1. The molecule has 0 saturated carbocycles. The SMILES string of the molecule is C[C@@H]1O[C@@H](Oc2c(-c3ccc(O)c(O)c3)oc3cc(O)cc(O)c3c2=O)[C@H](O[C@@H]2OC[C@@H](O)[C@H](O)[C@H]2O)[C@H](O)[C@H]1O. The predicted molar refractivity (Wildman–Crippen MR) is 134 cm³/mol. The van der Waals surface area contributed by atoms with Crippen molar-refractivity contribution in [3.05, 3.63) is 40.6 Å². The average Bonchev–Trinajstić information content (AvgIpc) is 2.92. The van der Waals surface area contributed by atoms with Crippen LogP contribution in [0, 0.1) is 0 Å². The van der Waals surface area contributed by atoms with Gasteiger partial charge in [0.15, 0.2) is 29.7 Å². The molecular weight excluding hydrogens is 552 g/mol. The van der Waals surface area contributed by atoms with Crippen LogP contribution >= 0.6 is 0 Å². The Kier molecular flexibility index (Phi) is 7.71. The lowest BCUT2D eigenvalue weighted by atomic mass is 9.99. The van der Waals surface area contributed by atoms with Gasteiger partial charge in [0.25, 0.3) is 0 Å². The summed E-state index contributed by atoms with van der Waals surface area (Å²) in [7, 11) is 0. The fraction of sp³-hybridized carbons (Fsp3) is 0.423. The lowest BCUT2D eigenvalue weighted by Gasteiger charge is -2.44. The van der Waals surface area contributed by atoms with Crippen molar-refractivity contribution in [1.82, 2.24) is 0 Å². The van der Waals surface area contributed by atoms with Crippen LogP contribution in [0.25, 0.3) is 22.3 Å². The van der Waals surface area contributed by atoms with E-state index in [9.17, 15) is 50.8 Å². The van der Waals surface area contributed by atoms with Crippen LogP contribution < -0.4 is 10.2 Å². The van der Waals surface area contributed by atoms with E-state index in [1.165, 1.54) is 13.0 Å². The fourth-order valence-electron chi connectivity index (χ4n) is 4.64. The first kappa shape index (κ1) is 28.8. The van der Waals surface area contributed by atoms with E-state index in [0.717, 1.165) is 24.3 Å². The number of hydrogen-bond donors (Lipinski definition) is 9. The Morgan fingerprint density at radius 2 is 1.56 bits per heavy atom. The maximum absolute atomic E-state index is 13.7. The molecule has 0 bridgehead atoms. The summed E-state index contributed by atoms with van der Waals surface area (Å²) in [6, 6.07) is 5.36. The largest absolute Gasteiger partial charge is 0.508 e. The van der Waals surface area contributed by atoms with Gasteiger partial charge in [0.1, 0.15) is 53.0 Å². The first-order valence-electron chi connectivity index (χ1n) is 12.4. The summed E-state index contributed by atoms with van der Waals surface area (Å²) in [5, 5.41) is 91.1. The van der Waals surface area contributed by atoms with Crippen molar-refractivity contribution in [1.29, 1.82) is 0 Å². The molecular formula is C26H28O15. The summed E-state index contributed by atoms with van der Waals surface area (Å²) in [6.07, 6.45) is -14.3. The van der Waals surface area contributed by atoms with E-state index < -0.39 is 101 Å². The second-order valence-corrected chi connectivity index (χ2v) is 9.79. The minimum absolute atomic E-state index is 0.00203. The molecule has 5 rings (SSSR count). The van der Waals surface area contributed by atoms with Crippen molar-refractivity contribution in [3.8, 4) is 40.1 Å². The highest BCUT2D eigenvalue weighted by Crippen LogP contribution is 2.39. The highest BCUT2D eigenvalue weighted by molar-refractivity contribution is 5.88. The average molecular weight is 580 g/mol. The molecule has 2 fully saturated rings. The summed E-state index contributed by atoms with van der Waals surface area (Å²) < 4.78 is 28.2. The molecule has 2 aromatic carbocycles. The van der Waals surface area contributed by atoms with Crippen LogP contribution in [-0.4, -0.2) is 108 Å². The Balaban J connectivity index is 1.61. The topological polar surface area (TPSA) is 249 Å². The first-order valence-corrected chi connectivity index (χ1v) is 12.4. The molecule has 222 valence electrons. The van der Waals surface area contributed by atoms with E-state index in [2.05, 4.69) is 0 Å². The van der Waals surface area contributed by atoms with Crippen LogP contribution in [0.3, 0.4) is 0 Å². The van der Waals surface area contributed by atoms with Crippen LogP contribution in [-0.2, 0) is 14.2 Å². The summed E-state index contributed by atoms with van der Waals surface area (Å²) in [4.78, 5) is 13.7. The Hall–Kier alpha value is -3.67. The van der Waals surface area contributed by atoms with Crippen LogP contribution in [0.15, 0.2) is 39.5 Å². The standard InChI is InChI=1S/C26H28O15/c1-8-17(32)20(35)24(41-25-21(36)18(33)14(31)7-37-25)26(38-8)40-23-19(34)16-13(30)5-10(27)6-15(16)39-22(23)9-2-3-11(28)12(29)4-9/h2-6,8,14,17-18,20-21,24-33,35-36H,7H2,1H3/t8-,14+,17-,18-,20+,21+,24+,25-,26-/m0/s1. The molecule has 15 heteroatoms. The van der Waals surface area contributed by atoms with Crippen LogP contribution in [0.5, 0.6) is 28.7 Å². The van der Waals surface area contributed by atoms with E-state index in [1.807, 2.05) is 0 Å². The number of rotatable bonds is 5. The Labute approximate surface area is 230 Å². The van der Waals surface area contributed by atoms with Crippen molar-refractivity contribution in [2.45, 2.75) is 62.2 Å². The molecule has 0 amide bonds. The van der Waals surface area contributed by atoms with Crippen molar-refractivity contribution >= 4 is 11.0 Å². The molecule has 9 atom stereocenters. The van der Waals surface area contributed by atoms with E-state index in [1.54, 1.807) is 0 Å². The Bertz CT molecular complexity index is 1490. The molecule has 0 radical (unpaired) electrons. The van der Waals surface area contributed by atoms with Crippen LogP contribution in [0.4, 0.5) is 0 Å². The van der Waals surface area contributed by atoms with Crippen molar-refractivity contribution in [2.24, 2.45) is 0 Å². The molecule has 3 heterocycles. The molecule has 2 aliphatic rings. The predicted octanol–water partition coefficient (Wildman–Crippen LogP) is -1.05. The van der Waals surface area contributed by atoms with Gasteiger partial charge in [-0.1, -0.05) is 0 Å². The minimum Gasteiger partial charge on any atom is -0.508 e. The van der Waals surface area contributed by atoms with Gasteiger partial charge in [-0.15, -0.1) is 0 Å². The summed E-state index contributed by atoms with van der Waals surface area (Å²) in [6.45, 7) is 0.953. The van der Waals surface area contributed by atoms with Gasteiger partial charge in [0, 0.05) is 17.7 Å². The van der Waals surface area contributed by atoms with Gasteiger partial charge in [-0.2, -0.15) is 0 Å². The van der Waals surface area contributed by atoms with Crippen molar-refractivity contribution in [2.75, 3.05) is 6.61 Å². The fourth-order valence-corrected chi connectivity index (χ4v) is 4.64. The molecule has 15 nitrogen and oxygen atoms in total. The molecule has 0 aliphatic carbocycles. The van der Waals surface area contributed by atoms with Gasteiger partial charge in [0.2, 0.25) is 17.5 Å². The molecule has 9 N–H and O–H groups in total. The lowest BCUT2D eigenvalue weighted by Crippen LogP contribution is -2.62. The number of ether oxygens (including phenoxy) is 4. The zero-order valence-corrected chi connectivity index (χ0v) is 21.3. The minimum atomic E-state index is -1.78. The first-order chi connectivity index (χ1) is 19.4. The summed E-state index contributed by atoms with van der Waals surface area (Å²) in [5.41, 5.74) is -1.24. The second-order valence-electron chi connectivity index (χ2n) is 9.79. The monoisotopic (exact) mass is 580 g/mol. The third kappa shape index (κ3) is 5.25. The molecule has 41 heavy (non-hydrogen) atoms. The number of aromatic hydroxyl groups is 4. The second kappa shape index (κ2) is 11.0. The maximum atomic E-state index is 13.7. The molecule has 0 unspecified atom stereocenters. The zero-order valence-electron chi connectivity index (χ0n) is 21.3.